The molecular formula is C13H17N. The largest absolute Gasteiger partial charge is 0.313 e. The minimum atomic E-state index is 0.972. The van der Waals surface area contributed by atoms with Crippen LogP contribution in [0, 0.1) is 5.92 Å². The molecule has 0 atom stereocenters. The predicted octanol–water partition coefficient (Wildman–Crippen LogP) is 2.70. The molecule has 0 unspecified atom stereocenters. The van der Waals surface area contributed by atoms with Gasteiger partial charge < -0.3 is 5.32 Å². The highest BCUT2D eigenvalue weighted by molar-refractivity contribution is 5.48. The summed E-state index contributed by atoms with van der Waals surface area (Å²) < 4.78 is 0. The number of hydrogen-bond acceptors (Lipinski definition) is 1. The molecule has 0 spiro atoms. The Bertz CT molecular complexity index is 285. The molecule has 1 saturated carbocycles. The third kappa shape index (κ3) is 3.35. The first kappa shape index (κ1) is 9.47. The lowest BCUT2D eigenvalue weighted by atomic mass is 10.2. The molecule has 0 radical (unpaired) electrons. The van der Waals surface area contributed by atoms with Crippen molar-refractivity contribution in [2.24, 2.45) is 5.92 Å². The summed E-state index contributed by atoms with van der Waals surface area (Å²) >= 11 is 0. The van der Waals surface area contributed by atoms with Crippen molar-refractivity contribution in [2.75, 3.05) is 13.1 Å². The molecule has 0 aromatic heterocycles. The van der Waals surface area contributed by atoms with Crippen molar-refractivity contribution < 1.29 is 0 Å². The Morgan fingerprint density at radius 1 is 1.21 bits per heavy atom. The summed E-state index contributed by atoms with van der Waals surface area (Å²) in [4.78, 5) is 0. The first-order valence-electron chi connectivity index (χ1n) is 5.37. The van der Waals surface area contributed by atoms with E-state index < -0.39 is 0 Å². The quantitative estimate of drug-likeness (QED) is 0.699. The highest BCUT2D eigenvalue weighted by Crippen LogP contribution is 2.27. The fraction of sp³-hybridized carbons (Fsp3) is 0.385. The average Bonchev–Trinajstić information content (AvgIpc) is 3.03. The van der Waals surface area contributed by atoms with E-state index in [0.717, 1.165) is 12.5 Å². The van der Waals surface area contributed by atoms with Crippen molar-refractivity contribution in [3.05, 3.63) is 42.0 Å². The van der Waals surface area contributed by atoms with Gasteiger partial charge >= 0.3 is 0 Å². The number of benzene rings is 1. The molecule has 1 aliphatic carbocycles. The smallest absolute Gasteiger partial charge is 0.0138 e. The Balaban J connectivity index is 1.66. The zero-order valence-corrected chi connectivity index (χ0v) is 8.45. The zero-order chi connectivity index (χ0) is 9.64. The Labute approximate surface area is 85.8 Å². The van der Waals surface area contributed by atoms with E-state index in [1.165, 1.54) is 24.9 Å². The van der Waals surface area contributed by atoms with Crippen LogP contribution in [0.3, 0.4) is 0 Å². The number of hydrogen-bond donors (Lipinski definition) is 1. The van der Waals surface area contributed by atoms with Gasteiger partial charge in [0.25, 0.3) is 0 Å². The van der Waals surface area contributed by atoms with E-state index in [1.807, 2.05) is 6.07 Å². The van der Waals surface area contributed by atoms with Crippen LogP contribution in [0.25, 0.3) is 6.08 Å². The Kier molecular flexibility index (Phi) is 3.36. The first-order chi connectivity index (χ1) is 6.95. The van der Waals surface area contributed by atoms with Gasteiger partial charge in [-0.2, -0.15) is 0 Å². The van der Waals surface area contributed by atoms with Gasteiger partial charge in [-0.25, -0.2) is 0 Å². The normalized spacial score (nSPS) is 16.3. The molecule has 74 valence electrons. The van der Waals surface area contributed by atoms with Crippen LogP contribution in [-0.4, -0.2) is 13.1 Å². The number of nitrogens with one attached hydrogen (secondary N) is 1. The van der Waals surface area contributed by atoms with Crippen molar-refractivity contribution in [1.29, 1.82) is 0 Å². The van der Waals surface area contributed by atoms with Gasteiger partial charge in [0.1, 0.15) is 0 Å². The molecule has 0 bridgehead atoms. The first-order valence-corrected chi connectivity index (χ1v) is 5.37. The van der Waals surface area contributed by atoms with Gasteiger partial charge in [-0.15, -0.1) is 0 Å². The van der Waals surface area contributed by atoms with Crippen molar-refractivity contribution in [1.82, 2.24) is 5.32 Å². The lowest BCUT2D eigenvalue weighted by molar-refractivity contribution is 0.683. The van der Waals surface area contributed by atoms with E-state index in [0.29, 0.717) is 0 Å². The molecule has 1 heteroatoms. The Morgan fingerprint density at radius 3 is 2.71 bits per heavy atom. The highest BCUT2D eigenvalue weighted by Gasteiger charge is 2.19. The van der Waals surface area contributed by atoms with Crippen LogP contribution in [0.5, 0.6) is 0 Å². The van der Waals surface area contributed by atoms with Gasteiger partial charge in [0.15, 0.2) is 0 Å². The topological polar surface area (TPSA) is 12.0 Å². The molecular weight excluding hydrogens is 170 g/mol. The molecule has 0 saturated heterocycles. The summed E-state index contributed by atoms with van der Waals surface area (Å²) in [6, 6.07) is 10.4. The second-order valence-electron chi connectivity index (χ2n) is 3.91. The maximum Gasteiger partial charge on any atom is 0.0138 e. The van der Waals surface area contributed by atoms with E-state index in [2.05, 4.69) is 41.7 Å². The van der Waals surface area contributed by atoms with Crippen molar-refractivity contribution in [2.45, 2.75) is 12.8 Å². The van der Waals surface area contributed by atoms with E-state index in [9.17, 15) is 0 Å². The van der Waals surface area contributed by atoms with Gasteiger partial charge in [-0.1, -0.05) is 42.5 Å². The lowest BCUT2D eigenvalue weighted by Crippen LogP contribution is -2.16. The van der Waals surface area contributed by atoms with Gasteiger partial charge in [-0.05, 0) is 30.9 Å². The highest BCUT2D eigenvalue weighted by atomic mass is 14.9. The minimum Gasteiger partial charge on any atom is -0.313 e. The average molecular weight is 187 g/mol. The standard InChI is InChI=1S/C13H17N/c1-2-5-12(6-3-1)7-4-10-14-11-13-8-9-13/h1-7,13-14H,8-11H2. The molecule has 1 N–H and O–H groups in total. The van der Waals surface area contributed by atoms with E-state index >= 15 is 0 Å². The molecule has 0 aliphatic heterocycles. The third-order valence-corrected chi connectivity index (χ3v) is 2.50. The third-order valence-electron chi connectivity index (χ3n) is 2.50. The van der Waals surface area contributed by atoms with E-state index in [-0.39, 0.29) is 0 Å². The molecule has 1 aromatic carbocycles. The summed E-state index contributed by atoms with van der Waals surface area (Å²) in [7, 11) is 0. The van der Waals surface area contributed by atoms with Crippen LogP contribution in [0.2, 0.25) is 0 Å². The molecule has 0 amide bonds. The summed E-state index contributed by atoms with van der Waals surface area (Å²) in [5.74, 6) is 0.972. The van der Waals surface area contributed by atoms with Gasteiger partial charge in [-0.3, -0.25) is 0 Å². The van der Waals surface area contributed by atoms with Gasteiger partial charge in [0, 0.05) is 6.54 Å². The zero-order valence-electron chi connectivity index (χ0n) is 8.45. The molecule has 1 aromatic rings. The van der Waals surface area contributed by atoms with Crippen LogP contribution in [0.1, 0.15) is 18.4 Å². The molecule has 1 fully saturated rings. The fourth-order valence-corrected chi connectivity index (χ4v) is 1.45. The van der Waals surface area contributed by atoms with Crippen molar-refractivity contribution in [3.8, 4) is 0 Å². The second-order valence-corrected chi connectivity index (χ2v) is 3.91. The van der Waals surface area contributed by atoms with Crippen molar-refractivity contribution in [3.63, 3.8) is 0 Å². The Morgan fingerprint density at radius 2 is 2.00 bits per heavy atom. The predicted molar refractivity (Wildman–Crippen MR) is 61.1 cm³/mol. The van der Waals surface area contributed by atoms with Crippen molar-refractivity contribution >= 4 is 6.08 Å². The fourth-order valence-electron chi connectivity index (χ4n) is 1.45. The number of rotatable bonds is 5. The van der Waals surface area contributed by atoms with Crippen LogP contribution in [0.4, 0.5) is 0 Å². The molecule has 1 aliphatic rings. The van der Waals surface area contributed by atoms with E-state index in [1.54, 1.807) is 0 Å². The summed E-state index contributed by atoms with van der Waals surface area (Å²) in [5, 5.41) is 3.43. The van der Waals surface area contributed by atoms with Crippen LogP contribution in [-0.2, 0) is 0 Å². The summed E-state index contributed by atoms with van der Waals surface area (Å²) in [5.41, 5.74) is 1.28. The summed E-state index contributed by atoms with van der Waals surface area (Å²) in [6.07, 6.45) is 7.21. The maximum absolute atomic E-state index is 3.43. The van der Waals surface area contributed by atoms with Gasteiger partial charge in [0.05, 0.1) is 0 Å². The molecule has 1 nitrogen and oxygen atoms in total. The monoisotopic (exact) mass is 187 g/mol. The molecule has 0 heterocycles. The molecule has 14 heavy (non-hydrogen) atoms. The SMILES string of the molecule is C(=Cc1ccccc1)CNCC1CC1. The van der Waals surface area contributed by atoms with Crippen LogP contribution >= 0.6 is 0 Å². The summed E-state index contributed by atoms with van der Waals surface area (Å²) in [6.45, 7) is 2.19. The van der Waals surface area contributed by atoms with Gasteiger partial charge in [0.2, 0.25) is 0 Å². The maximum atomic E-state index is 3.43. The lowest BCUT2D eigenvalue weighted by Gasteiger charge is -1.97. The van der Waals surface area contributed by atoms with E-state index in [4.69, 9.17) is 0 Å². The molecule has 2 rings (SSSR count). The minimum absolute atomic E-state index is 0.972. The Hall–Kier alpha value is -1.08. The second kappa shape index (κ2) is 4.97. The van der Waals surface area contributed by atoms with Crippen LogP contribution in [0.15, 0.2) is 36.4 Å². The van der Waals surface area contributed by atoms with Crippen LogP contribution < -0.4 is 5.32 Å².